The molecule has 0 heterocycles. The van der Waals surface area contributed by atoms with Crippen molar-refractivity contribution in [2.24, 2.45) is 0 Å². The van der Waals surface area contributed by atoms with E-state index in [-0.39, 0.29) is 18.1 Å². The van der Waals surface area contributed by atoms with Gasteiger partial charge < -0.3 is 15.5 Å². The lowest BCUT2D eigenvalue weighted by Crippen LogP contribution is -2.46. The summed E-state index contributed by atoms with van der Waals surface area (Å²) in [6.07, 6.45) is 0. The number of hydrogen-bond acceptors (Lipinski definition) is 2. The Kier molecular flexibility index (Phi) is 5.46. The summed E-state index contributed by atoms with van der Waals surface area (Å²) >= 11 is 0. The molecule has 0 aliphatic rings. The summed E-state index contributed by atoms with van der Waals surface area (Å²) in [4.78, 5) is 13.2. The van der Waals surface area contributed by atoms with Crippen LogP contribution in [-0.2, 0) is 0 Å². The molecule has 0 spiro atoms. The van der Waals surface area contributed by atoms with Crippen LogP contribution in [-0.4, -0.2) is 43.7 Å². The van der Waals surface area contributed by atoms with Crippen molar-refractivity contribution in [1.29, 1.82) is 0 Å². The molecule has 78 valence electrons. The zero-order valence-corrected chi connectivity index (χ0v) is 9.22. The van der Waals surface area contributed by atoms with E-state index in [0.717, 1.165) is 6.54 Å². The molecule has 0 aromatic rings. The number of nitrogens with one attached hydrogen (secondary N) is 2. The van der Waals surface area contributed by atoms with Crippen LogP contribution in [0.5, 0.6) is 0 Å². The van der Waals surface area contributed by atoms with Gasteiger partial charge in [0.1, 0.15) is 0 Å². The summed E-state index contributed by atoms with van der Waals surface area (Å²) in [5, 5.41) is 5.63. The maximum atomic E-state index is 11.2. The maximum absolute atomic E-state index is 11.2. The first-order valence-corrected chi connectivity index (χ1v) is 4.63. The normalized spacial score (nSPS) is 13.2. The van der Waals surface area contributed by atoms with Crippen LogP contribution in [0.3, 0.4) is 0 Å². The first kappa shape index (κ1) is 12.2. The van der Waals surface area contributed by atoms with E-state index in [2.05, 4.69) is 10.6 Å². The van der Waals surface area contributed by atoms with Gasteiger partial charge in [0.2, 0.25) is 0 Å². The number of hydrogen-bond donors (Lipinski definition) is 2. The zero-order chi connectivity index (χ0) is 10.4. The van der Waals surface area contributed by atoms with E-state index in [1.807, 2.05) is 39.8 Å². The largest absolute Gasteiger partial charge is 0.336 e. The van der Waals surface area contributed by atoms with Crippen LogP contribution in [0.15, 0.2) is 0 Å². The summed E-state index contributed by atoms with van der Waals surface area (Å²) in [5.74, 6) is 0. The van der Waals surface area contributed by atoms with Gasteiger partial charge in [-0.3, -0.25) is 0 Å². The SMILES string of the molecule is CC(C)NC(=O)NC(C)CN(C)C. The van der Waals surface area contributed by atoms with Crippen molar-refractivity contribution < 1.29 is 4.79 Å². The number of nitrogens with zero attached hydrogens (tertiary/aromatic N) is 1. The van der Waals surface area contributed by atoms with Crippen LogP contribution >= 0.6 is 0 Å². The zero-order valence-electron chi connectivity index (χ0n) is 9.22. The van der Waals surface area contributed by atoms with Gasteiger partial charge in [0.25, 0.3) is 0 Å². The van der Waals surface area contributed by atoms with Gasteiger partial charge in [0.15, 0.2) is 0 Å². The minimum absolute atomic E-state index is 0.0932. The Balaban J connectivity index is 3.65. The van der Waals surface area contributed by atoms with Crippen LogP contribution in [0, 0.1) is 0 Å². The number of urea groups is 1. The summed E-state index contributed by atoms with van der Waals surface area (Å²) in [7, 11) is 3.97. The Morgan fingerprint density at radius 3 is 2.15 bits per heavy atom. The molecule has 0 radical (unpaired) electrons. The van der Waals surface area contributed by atoms with Crippen molar-refractivity contribution in [2.75, 3.05) is 20.6 Å². The standard InChI is InChI=1S/C9H21N3O/c1-7(2)10-9(13)11-8(3)6-12(4)5/h7-8H,6H2,1-5H3,(H2,10,11,13). The monoisotopic (exact) mass is 187 g/mol. The van der Waals surface area contributed by atoms with Crippen molar-refractivity contribution in [3.05, 3.63) is 0 Å². The third-order valence-electron chi connectivity index (χ3n) is 1.44. The summed E-state index contributed by atoms with van der Waals surface area (Å²) < 4.78 is 0. The number of rotatable bonds is 4. The minimum atomic E-state index is -0.0932. The second-order valence-electron chi connectivity index (χ2n) is 3.94. The van der Waals surface area contributed by atoms with Crippen molar-refractivity contribution in [3.8, 4) is 0 Å². The molecule has 0 saturated carbocycles. The highest BCUT2D eigenvalue weighted by atomic mass is 16.2. The average Bonchev–Trinajstić information content (AvgIpc) is 1.80. The van der Waals surface area contributed by atoms with E-state index in [4.69, 9.17) is 0 Å². The molecule has 0 aromatic heterocycles. The molecular formula is C9H21N3O. The number of amides is 2. The molecule has 4 heteroatoms. The third kappa shape index (κ3) is 7.59. The molecule has 0 fully saturated rings. The Labute approximate surface area is 80.7 Å². The van der Waals surface area contributed by atoms with E-state index in [1.54, 1.807) is 0 Å². The van der Waals surface area contributed by atoms with E-state index >= 15 is 0 Å². The van der Waals surface area contributed by atoms with Crippen molar-refractivity contribution in [2.45, 2.75) is 32.9 Å². The molecule has 0 bridgehead atoms. The predicted molar refractivity (Wildman–Crippen MR) is 54.8 cm³/mol. The molecule has 0 aromatic carbocycles. The molecule has 1 atom stereocenters. The number of carbonyl (C=O) groups excluding carboxylic acids is 1. The van der Waals surface area contributed by atoms with Gasteiger partial charge >= 0.3 is 6.03 Å². The lowest BCUT2D eigenvalue weighted by Gasteiger charge is -2.19. The highest BCUT2D eigenvalue weighted by Gasteiger charge is 2.07. The Bertz CT molecular complexity index is 157. The van der Waals surface area contributed by atoms with E-state index in [9.17, 15) is 4.79 Å². The molecule has 2 amide bonds. The fraction of sp³-hybridized carbons (Fsp3) is 0.889. The third-order valence-corrected chi connectivity index (χ3v) is 1.44. The Hall–Kier alpha value is -0.770. The molecule has 2 N–H and O–H groups in total. The van der Waals surface area contributed by atoms with Crippen LogP contribution in [0.25, 0.3) is 0 Å². The predicted octanol–water partition coefficient (Wildman–Crippen LogP) is 0.644. The van der Waals surface area contributed by atoms with Gasteiger partial charge in [0.05, 0.1) is 0 Å². The molecule has 13 heavy (non-hydrogen) atoms. The quantitative estimate of drug-likeness (QED) is 0.678. The Morgan fingerprint density at radius 1 is 1.23 bits per heavy atom. The second-order valence-corrected chi connectivity index (χ2v) is 3.94. The van der Waals surface area contributed by atoms with E-state index in [0.29, 0.717) is 0 Å². The van der Waals surface area contributed by atoms with Crippen LogP contribution in [0.4, 0.5) is 4.79 Å². The fourth-order valence-corrected chi connectivity index (χ4v) is 1.12. The molecule has 4 nitrogen and oxygen atoms in total. The van der Waals surface area contributed by atoms with Gasteiger partial charge in [-0.15, -0.1) is 0 Å². The molecule has 1 unspecified atom stereocenters. The second kappa shape index (κ2) is 5.80. The van der Waals surface area contributed by atoms with Gasteiger partial charge in [-0.2, -0.15) is 0 Å². The van der Waals surface area contributed by atoms with Gasteiger partial charge in [-0.25, -0.2) is 4.79 Å². The molecule has 0 aliphatic carbocycles. The van der Waals surface area contributed by atoms with Crippen molar-refractivity contribution in [1.82, 2.24) is 15.5 Å². The van der Waals surface area contributed by atoms with Crippen LogP contribution in [0.2, 0.25) is 0 Å². The summed E-state index contributed by atoms with van der Waals surface area (Å²) in [6, 6.07) is 0.268. The van der Waals surface area contributed by atoms with Crippen molar-refractivity contribution >= 4 is 6.03 Å². The van der Waals surface area contributed by atoms with Crippen LogP contribution < -0.4 is 10.6 Å². The number of carbonyl (C=O) groups is 1. The number of likely N-dealkylation sites (N-methyl/N-ethyl adjacent to an activating group) is 1. The average molecular weight is 187 g/mol. The van der Waals surface area contributed by atoms with Gasteiger partial charge in [-0.1, -0.05) is 0 Å². The molecule has 0 saturated heterocycles. The first-order valence-electron chi connectivity index (χ1n) is 4.63. The summed E-state index contributed by atoms with van der Waals surface area (Å²) in [5.41, 5.74) is 0. The first-order chi connectivity index (χ1) is 5.91. The maximum Gasteiger partial charge on any atom is 0.315 e. The highest BCUT2D eigenvalue weighted by molar-refractivity contribution is 5.74. The van der Waals surface area contributed by atoms with E-state index in [1.165, 1.54) is 0 Å². The molecule has 0 rings (SSSR count). The van der Waals surface area contributed by atoms with E-state index < -0.39 is 0 Å². The van der Waals surface area contributed by atoms with Crippen molar-refractivity contribution in [3.63, 3.8) is 0 Å². The van der Waals surface area contributed by atoms with Crippen LogP contribution in [0.1, 0.15) is 20.8 Å². The fourth-order valence-electron chi connectivity index (χ4n) is 1.12. The lowest BCUT2D eigenvalue weighted by atomic mass is 10.3. The molecule has 0 aliphatic heterocycles. The minimum Gasteiger partial charge on any atom is -0.336 e. The topological polar surface area (TPSA) is 44.4 Å². The van der Waals surface area contributed by atoms with Gasteiger partial charge in [0, 0.05) is 18.6 Å². The highest BCUT2D eigenvalue weighted by Crippen LogP contribution is 1.85. The molecular weight excluding hydrogens is 166 g/mol. The Morgan fingerprint density at radius 2 is 1.77 bits per heavy atom. The van der Waals surface area contributed by atoms with Gasteiger partial charge in [-0.05, 0) is 34.9 Å². The smallest absolute Gasteiger partial charge is 0.315 e. The lowest BCUT2D eigenvalue weighted by molar-refractivity contribution is 0.232. The summed E-state index contributed by atoms with van der Waals surface area (Å²) in [6.45, 7) is 6.72.